The SMILES string of the molecule is Cc1nc(Br)cc(N2CCC(C)(C(N)=O)C2)n1. The van der Waals surface area contributed by atoms with Crippen molar-refractivity contribution in [3.05, 3.63) is 16.5 Å². The summed E-state index contributed by atoms with van der Waals surface area (Å²) < 4.78 is 0.757. The van der Waals surface area contributed by atoms with Gasteiger partial charge in [-0.1, -0.05) is 0 Å². The molecule has 0 bridgehead atoms. The molecule has 92 valence electrons. The summed E-state index contributed by atoms with van der Waals surface area (Å²) in [4.78, 5) is 22.0. The van der Waals surface area contributed by atoms with Gasteiger partial charge in [0.25, 0.3) is 0 Å². The van der Waals surface area contributed by atoms with Gasteiger partial charge in [-0.15, -0.1) is 0 Å². The first-order chi connectivity index (χ1) is 7.90. The average molecular weight is 299 g/mol. The summed E-state index contributed by atoms with van der Waals surface area (Å²) in [6.07, 6.45) is 0.767. The molecule has 6 heteroatoms. The summed E-state index contributed by atoms with van der Waals surface area (Å²) >= 11 is 3.35. The van der Waals surface area contributed by atoms with Gasteiger partial charge in [0.1, 0.15) is 16.2 Å². The van der Waals surface area contributed by atoms with Crippen LogP contribution in [-0.4, -0.2) is 29.0 Å². The Morgan fingerprint density at radius 2 is 2.29 bits per heavy atom. The highest BCUT2D eigenvalue weighted by atomic mass is 79.9. The number of hydrogen-bond donors (Lipinski definition) is 1. The fraction of sp³-hybridized carbons (Fsp3) is 0.545. The quantitative estimate of drug-likeness (QED) is 0.834. The van der Waals surface area contributed by atoms with E-state index in [1.54, 1.807) is 0 Å². The third-order valence-corrected chi connectivity index (χ3v) is 3.59. The third kappa shape index (κ3) is 2.41. The molecule has 1 saturated heterocycles. The van der Waals surface area contributed by atoms with Crippen molar-refractivity contribution < 1.29 is 4.79 Å². The zero-order chi connectivity index (χ0) is 12.6. The second kappa shape index (κ2) is 4.25. The standard InChI is InChI=1S/C11H15BrN4O/c1-7-14-8(12)5-9(15-7)16-4-3-11(2,6-16)10(13)17/h5H,3-4,6H2,1-2H3,(H2,13,17). The monoisotopic (exact) mass is 298 g/mol. The minimum atomic E-state index is -0.453. The Labute approximate surface area is 109 Å². The minimum absolute atomic E-state index is 0.246. The lowest BCUT2D eigenvalue weighted by molar-refractivity contribution is -0.125. The van der Waals surface area contributed by atoms with E-state index in [9.17, 15) is 4.79 Å². The summed E-state index contributed by atoms with van der Waals surface area (Å²) in [5.41, 5.74) is 4.97. The van der Waals surface area contributed by atoms with Crippen LogP contribution in [0, 0.1) is 12.3 Å². The molecule has 1 aromatic heterocycles. The molecule has 1 fully saturated rings. The van der Waals surface area contributed by atoms with Crippen molar-refractivity contribution in [2.75, 3.05) is 18.0 Å². The van der Waals surface area contributed by atoms with Gasteiger partial charge in [0.05, 0.1) is 5.41 Å². The van der Waals surface area contributed by atoms with E-state index in [2.05, 4.69) is 30.8 Å². The van der Waals surface area contributed by atoms with Gasteiger partial charge in [-0.3, -0.25) is 4.79 Å². The fourth-order valence-electron chi connectivity index (χ4n) is 2.04. The van der Waals surface area contributed by atoms with Crippen molar-refractivity contribution in [1.82, 2.24) is 9.97 Å². The van der Waals surface area contributed by atoms with Gasteiger partial charge >= 0.3 is 0 Å². The summed E-state index contributed by atoms with van der Waals surface area (Å²) in [5, 5.41) is 0. The molecule has 2 N–H and O–H groups in total. The number of carbonyl (C=O) groups excluding carboxylic acids is 1. The number of rotatable bonds is 2. The van der Waals surface area contributed by atoms with E-state index < -0.39 is 5.41 Å². The molecule has 1 aliphatic heterocycles. The zero-order valence-corrected chi connectivity index (χ0v) is 11.5. The van der Waals surface area contributed by atoms with Crippen molar-refractivity contribution in [2.24, 2.45) is 11.1 Å². The van der Waals surface area contributed by atoms with Crippen LogP contribution in [0.5, 0.6) is 0 Å². The summed E-state index contributed by atoms with van der Waals surface area (Å²) in [5.74, 6) is 1.31. The number of anilines is 1. The molecule has 2 heterocycles. The Kier molecular flexibility index (Phi) is 3.07. The normalized spacial score (nSPS) is 24.1. The smallest absolute Gasteiger partial charge is 0.225 e. The van der Waals surface area contributed by atoms with Gasteiger partial charge in [-0.25, -0.2) is 9.97 Å². The van der Waals surface area contributed by atoms with Gasteiger partial charge < -0.3 is 10.6 Å². The lowest BCUT2D eigenvalue weighted by Gasteiger charge is -2.21. The molecule has 1 aliphatic rings. The summed E-state index contributed by atoms with van der Waals surface area (Å²) in [7, 11) is 0. The van der Waals surface area contributed by atoms with E-state index in [0.717, 1.165) is 23.4 Å². The molecule has 0 aromatic carbocycles. The molecular weight excluding hydrogens is 284 g/mol. The van der Waals surface area contributed by atoms with Crippen LogP contribution < -0.4 is 10.6 Å². The number of aryl methyl sites for hydroxylation is 1. The van der Waals surface area contributed by atoms with Crippen LogP contribution >= 0.6 is 15.9 Å². The maximum Gasteiger partial charge on any atom is 0.225 e. The van der Waals surface area contributed by atoms with Gasteiger partial charge in [0, 0.05) is 19.2 Å². The zero-order valence-electron chi connectivity index (χ0n) is 9.90. The third-order valence-electron chi connectivity index (χ3n) is 3.19. The van der Waals surface area contributed by atoms with Gasteiger partial charge in [0.2, 0.25) is 5.91 Å². The molecule has 5 nitrogen and oxygen atoms in total. The lowest BCUT2D eigenvalue weighted by atomic mass is 9.89. The highest BCUT2D eigenvalue weighted by molar-refractivity contribution is 9.10. The second-order valence-corrected chi connectivity index (χ2v) is 5.51. The molecule has 1 atom stereocenters. The number of carbonyl (C=O) groups is 1. The molecule has 0 spiro atoms. The van der Waals surface area contributed by atoms with Crippen LogP contribution in [0.4, 0.5) is 5.82 Å². The van der Waals surface area contributed by atoms with Crippen LogP contribution in [0.1, 0.15) is 19.2 Å². The molecular formula is C11H15BrN4O. The van der Waals surface area contributed by atoms with Gasteiger partial charge in [-0.05, 0) is 36.2 Å². The molecule has 17 heavy (non-hydrogen) atoms. The average Bonchev–Trinajstić information content (AvgIpc) is 2.61. The van der Waals surface area contributed by atoms with Crippen LogP contribution in [0.2, 0.25) is 0 Å². The second-order valence-electron chi connectivity index (χ2n) is 4.69. The number of amides is 1. The first-order valence-electron chi connectivity index (χ1n) is 5.47. The fourth-order valence-corrected chi connectivity index (χ4v) is 2.50. The van der Waals surface area contributed by atoms with Crippen LogP contribution in [0.15, 0.2) is 10.7 Å². The Morgan fingerprint density at radius 1 is 1.59 bits per heavy atom. The molecule has 1 aromatic rings. The highest BCUT2D eigenvalue weighted by Gasteiger charge is 2.39. The lowest BCUT2D eigenvalue weighted by Crippen LogP contribution is -2.37. The van der Waals surface area contributed by atoms with Crippen LogP contribution in [-0.2, 0) is 4.79 Å². The predicted molar refractivity (Wildman–Crippen MR) is 68.6 cm³/mol. The maximum absolute atomic E-state index is 11.4. The maximum atomic E-state index is 11.4. The number of nitrogens with two attached hydrogens (primary N) is 1. The predicted octanol–water partition coefficient (Wildman–Crippen LogP) is 1.25. The van der Waals surface area contributed by atoms with Crippen molar-refractivity contribution in [3.8, 4) is 0 Å². The Hall–Kier alpha value is -1.17. The van der Waals surface area contributed by atoms with Crippen LogP contribution in [0.3, 0.4) is 0 Å². The van der Waals surface area contributed by atoms with Gasteiger partial charge in [0.15, 0.2) is 0 Å². The largest absolute Gasteiger partial charge is 0.369 e. The number of hydrogen-bond acceptors (Lipinski definition) is 4. The summed E-state index contributed by atoms with van der Waals surface area (Å²) in [6.45, 7) is 5.16. The van der Waals surface area contributed by atoms with E-state index in [0.29, 0.717) is 12.4 Å². The number of halogens is 1. The van der Waals surface area contributed by atoms with E-state index >= 15 is 0 Å². The Bertz CT molecular complexity index is 445. The highest BCUT2D eigenvalue weighted by Crippen LogP contribution is 2.32. The topological polar surface area (TPSA) is 72.1 Å². The minimum Gasteiger partial charge on any atom is -0.369 e. The Morgan fingerprint density at radius 3 is 2.82 bits per heavy atom. The molecule has 1 unspecified atom stereocenters. The van der Waals surface area contributed by atoms with E-state index in [-0.39, 0.29) is 5.91 Å². The van der Waals surface area contributed by atoms with E-state index in [1.165, 1.54) is 0 Å². The van der Waals surface area contributed by atoms with Crippen molar-refractivity contribution in [3.63, 3.8) is 0 Å². The van der Waals surface area contributed by atoms with E-state index in [4.69, 9.17) is 5.73 Å². The van der Waals surface area contributed by atoms with Crippen molar-refractivity contribution in [1.29, 1.82) is 0 Å². The molecule has 1 amide bonds. The van der Waals surface area contributed by atoms with E-state index in [1.807, 2.05) is 19.9 Å². The number of nitrogens with zero attached hydrogens (tertiary/aromatic N) is 3. The molecule has 2 rings (SSSR count). The molecule has 0 radical (unpaired) electrons. The van der Waals surface area contributed by atoms with Gasteiger partial charge in [-0.2, -0.15) is 0 Å². The Balaban J connectivity index is 2.23. The van der Waals surface area contributed by atoms with Crippen molar-refractivity contribution in [2.45, 2.75) is 20.3 Å². The first kappa shape index (κ1) is 12.3. The number of aromatic nitrogens is 2. The van der Waals surface area contributed by atoms with Crippen molar-refractivity contribution >= 4 is 27.7 Å². The van der Waals surface area contributed by atoms with Crippen LogP contribution in [0.25, 0.3) is 0 Å². The molecule has 0 saturated carbocycles. The molecule has 0 aliphatic carbocycles. The first-order valence-corrected chi connectivity index (χ1v) is 6.26. The summed E-state index contributed by atoms with van der Waals surface area (Å²) in [6, 6.07) is 1.86. The number of primary amides is 1.